The minimum Gasteiger partial charge on any atom is -0.497 e. The number of benzene rings is 2. The average Bonchev–Trinajstić information content (AvgIpc) is 3.09. The molecule has 0 radical (unpaired) electrons. The van der Waals surface area contributed by atoms with Crippen LogP contribution >= 0.6 is 0 Å². The number of amides is 1. The number of aromatic nitrogens is 2. The summed E-state index contributed by atoms with van der Waals surface area (Å²) in [6.07, 6.45) is 1.36. The monoisotopic (exact) mass is 374 g/mol. The first-order chi connectivity index (χ1) is 13.6. The number of methoxy groups -OCH3 is 1. The van der Waals surface area contributed by atoms with Gasteiger partial charge in [0.1, 0.15) is 23.7 Å². The van der Waals surface area contributed by atoms with E-state index in [9.17, 15) is 4.79 Å². The number of para-hydroxylation sites is 1. The highest BCUT2D eigenvalue weighted by molar-refractivity contribution is 6.07. The predicted molar refractivity (Wildman–Crippen MR) is 108 cm³/mol. The largest absolute Gasteiger partial charge is 0.497 e. The van der Waals surface area contributed by atoms with Crippen LogP contribution in [0.4, 0.5) is 11.5 Å². The zero-order chi connectivity index (χ0) is 19.7. The zero-order valence-corrected chi connectivity index (χ0v) is 15.4. The van der Waals surface area contributed by atoms with Crippen molar-refractivity contribution in [3.8, 4) is 28.2 Å². The Morgan fingerprint density at radius 2 is 1.86 bits per heavy atom. The summed E-state index contributed by atoms with van der Waals surface area (Å²) in [5, 5.41) is 3.47. The van der Waals surface area contributed by atoms with Gasteiger partial charge < -0.3 is 20.2 Å². The van der Waals surface area contributed by atoms with Gasteiger partial charge in [0.05, 0.1) is 18.2 Å². The van der Waals surface area contributed by atoms with Crippen LogP contribution in [0, 0.1) is 0 Å². The van der Waals surface area contributed by atoms with Crippen LogP contribution in [0.15, 0.2) is 59.3 Å². The number of carbonyl (C=O) groups is 1. The number of hydrogen-bond acceptors (Lipinski definition) is 6. The van der Waals surface area contributed by atoms with Gasteiger partial charge in [-0.15, -0.1) is 0 Å². The third-order valence-electron chi connectivity index (χ3n) is 4.38. The molecule has 0 bridgehead atoms. The van der Waals surface area contributed by atoms with Crippen molar-refractivity contribution in [3.05, 3.63) is 54.9 Å². The van der Waals surface area contributed by atoms with Crippen LogP contribution in [0.2, 0.25) is 0 Å². The Hall–Kier alpha value is -3.87. The number of rotatable bonds is 4. The normalized spacial score (nSPS) is 10.8. The third kappa shape index (κ3) is 3.03. The Bertz CT molecular complexity index is 1170. The predicted octanol–water partition coefficient (Wildman–Crippen LogP) is 4.11. The molecule has 0 saturated carbocycles. The maximum Gasteiger partial charge on any atom is 0.232 e. The van der Waals surface area contributed by atoms with E-state index in [0.29, 0.717) is 28.4 Å². The molecular formula is C21H18N4O3. The fraction of sp³-hybridized carbons (Fsp3) is 0.0952. The lowest BCUT2D eigenvalue weighted by Gasteiger charge is -2.10. The molecule has 0 atom stereocenters. The van der Waals surface area contributed by atoms with Crippen molar-refractivity contribution in [2.75, 3.05) is 18.2 Å². The Morgan fingerprint density at radius 1 is 1.11 bits per heavy atom. The highest BCUT2D eigenvalue weighted by atomic mass is 16.5. The molecule has 0 aliphatic heterocycles. The van der Waals surface area contributed by atoms with Crippen molar-refractivity contribution in [1.29, 1.82) is 0 Å². The molecule has 28 heavy (non-hydrogen) atoms. The lowest BCUT2D eigenvalue weighted by molar-refractivity contribution is -0.114. The van der Waals surface area contributed by atoms with Crippen LogP contribution in [-0.2, 0) is 4.79 Å². The summed E-state index contributed by atoms with van der Waals surface area (Å²) in [5.74, 6) is 1.44. The Labute approximate surface area is 161 Å². The number of furan rings is 1. The molecule has 1 amide bonds. The lowest BCUT2D eigenvalue weighted by Crippen LogP contribution is -2.06. The van der Waals surface area contributed by atoms with Crippen LogP contribution in [0.3, 0.4) is 0 Å². The van der Waals surface area contributed by atoms with E-state index < -0.39 is 0 Å². The quantitative estimate of drug-likeness (QED) is 0.557. The molecule has 140 valence electrons. The summed E-state index contributed by atoms with van der Waals surface area (Å²) >= 11 is 0. The van der Waals surface area contributed by atoms with Gasteiger partial charge in [0.25, 0.3) is 0 Å². The molecule has 0 aliphatic carbocycles. The fourth-order valence-electron chi connectivity index (χ4n) is 3.16. The van der Waals surface area contributed by atoms with Gasteiger partial charge in [0, 0.05) is 18.1 Å². The first-order valence-electron chi connectivity index (χ1n) is 8.63. The van der Waals surface area contributed by atoms with E-state index >= 15 is 0 Å². The van der Waals surface area contributed by atoms with Crippen molar-refractivity contribution >= 4 is 28.5 Å². The van der Waals surface area contributed by atoms with E-state index in [1.54, 1.807) is 7.11 Å². The number of ether oxygens (including phenoxy) is 1. The van der Waals surface area contributed by atoms with Crippen molar-refractivity contribution in [3.63, 3.8) is 0 Å². The van der Waals surface area contributed by atoms with Gasteiger partial charge in [-0.3, -0.25) is 4.79 Å². The lowest BCUT2D eigenvalue weighted by atomic mass is 9.98. The second-order valence-electron chi connectivity index (χ2n) is 6.20. The standard InChI is InChI=1S/C21H18N4O3/c1-12(26)25-16-6-4-3-5-15(16)19-17(13-7-9-14(27-2)10-8-13)18-20(22)23-11-24-21(18)28-19/h3-11H,1-2H3,(H,25,26)(H2,22,23,24). The van der Waals surface area contributed by atoms with Crippen molar-refractivity contribution in [2.45, 2.75) is 6.92 Å². The van der Waals surface area contributed by atoms with E-state index in [1.165, 1.54) is 13.3 Å². The summed E-state index contributed by atoms with van der Waals surface area (Å²) < 4.78 is 11.3. The molecular weight excluding hydrogens is 356 g/mol. The van der Waals surface area contributed by atoms with E-state index in [4.69, 9.17) is 14.9 Å². The summed E-state index contributed by atoms with van der Waals surface area (Å²) in [6.45, 7) is 1.46. The minimum absolute atomic E-state index is 0.172. The first-order valence-corrected chi connectivity index (χ1v) is 8.63. The molecule has 3 N–H and O–H groups in total. The molecule has 2 aromatic heterocycles. The topological polar surface area (TPSA) is 103 Å². The van der Waals surface area contributed by atoms with Gasteiger partial charge >= 0.3 is 0 Å². The summed E-state index contributed by atoms with van der Waals surface area (Å²) in [6, 6.07) is 15.0. The molecule has 0 aliphatic rings. The van der Waals surface area contributed by atoms with Gasteiger partial charge in [-0.25, -0.2) is 9.97 Å². The maximum absolute atomic E-state index is 11.7. The van der Waals surface area contributed by atoms with E-state index in [1.807, 2.05) is 48.5 Å². The maximum atomic E-state index is 11.7. The molecule has 4 rings (SSSR count). The van der Waals surface area contributed by atoms with Crippen molar-refractivity contribution in [1.82, 2.24) is 9.97 Å². The van der Waals surface area contributed by atoms with Crippen LogP contribution in [0.5, 0.6) is 5.75 Å². The average molecular weight is 374 g/mol. The molecule has 0 fully saturated rings. The molecule has 2 heterocycles. The number of carbonyl (C=O) groups excluding carboxylic acids is 1. The molecule has 2 aromatic carbocycles. The Kier molecular flexibility index (Phi) is 4.41. The first kappa shape index (κ1) is 17.5. The number of nitrogen functional groups attached to an aromatic ring is 1. The molecule has 7 heteroatoms. The Morgan fingerprint density at radius 3 is 2.57 bits per heavy atom. The third-order valence-corrected chi connectivity index (χ3v) is 4.38. The smallest absolute Gasteiger partial charge is 0.232 e. The van der Waals surface area contributed by atoms with Crippen molar-refractivity contribution in [2.24, 2.45) is 0 Å². The van der Waals surface area contributed by atoms with Crippen LogP contribution in [0.25, 0.3) is 33.6 Å². The SMILES string of the molecule is COc1ccc(-c2c(-c3ccccc3NC(C)=O)oc3ncnc(N)c23)cc1. The van der Waals surface area contributed by atoms with Crippen molar-refractivity contribution < 1.29 is 13.9 Å². The second-order valence-corrected chi connectivity index (χ2v) is 6.20. The molecule has 4 aromatic rings. The van der Waals surface area contributed by atoms with Gasteiger partial charge in [-0.1, -0.05) is 24.3 Å². The van der Waals surface area contributed by atoms with Gasteiger partial charge in [0.15, 0.2) is 0 Å². The van der Waals surface area contributed by atoms with Gasteiger partial charge in [-0.2, -0.15) is 0 Å². The number of hydrogen-bond donors (Lipinski definition) is 2. The number of fused-ring (bicyclic) bond motifs is 1. The summed E-state index contributed by atoms with van der Waals surface area (Å²) in [7, 11) is 1.61. The highest BCUT2D eigenvalue weighted by Crippen LogP contribution is 2.44. The summed E-state index contributed by atoms with van der Waals surface area (Å²) in [5.41, 5.74) is 9.52. The van der Waals surface area contributed by atoms with Crippen LogP contribution in [-0.4, -0.2) is 23.0 Å². The number of anilines is 2. The minimum atomic E-state index is -0.172. The summed E-state index contributed by atoms with van der Waals surface area (Å²) in [4.78, 5) is 20.0. The van der Waals surface area contributed by atoms with Crippen LogP contribution in [0.1, 0.15) is 6.92 Å². The molecule has 7 nitrogen and oxygen atoms in total. The molecule has 0 spiro atoms. The second kappa shape index (κ2) is 7.03. The fourth-order valence-corrected chi connectivity index (χ4v) is 3.16. The molecule has 0 saturated heterocycles. The Balaban J connectivity index is 2.02. The van der Waals surface area contributed by atoms with Gasteiger partial charge in [-0.05, 0) is 29.8 Å². The number of nitrogens with two attached hydrogens (primary N) is 1. The highest BCUT2D eigenvalue weighted by Gasteiger charge is 2.23. The van der Waals surface area contributed by atoms with Crippen LogP contribution < -0.4 is 15.8 Å². The zero-order valence-electron chi connectivity index (χ0n) is 15.4. The molecule has 0 unspecified atom stereocenters. The number of nitrogens with zero attached hydrogens (tertiary/aromatic N) is 2. The number of nitrogens with one attached hydrogen (secondary N) is 1. The van der Waals surface area contributed by atoms with E-state index in [2.05, 4.69) is 15.3 Å². The van der Waals surface area contributed by atoms with E-state index in [-0.39, 0.29) is 5.91 Å². The van der Waals surface area contributed by atoms with Gasteiger partial charge in [0.2, 0.25) is 11.6 Å². The van der Waals surface area contributed by atoms with E-state index in [0.717, 1.165) is 22.4 Å².